The number of amides is 1. The van der Waals surface area contributed by atoms with Gasteiger partial charge in [0.1, 0.15) is 11.2 Å². The number of aryl methyl sites for hydroxylation is 1. The quantitative estimate of drug-likeness (QED) is 0.451. The summed E-state index contributed by atoms with van der Waals surface area (Å²) in [5.41, 5.74) is 6.29. The summed E-state index contributed by atoms with van der Waals surface area (Å²) < 4.78 is 0. The van der Waals surface area contributed by atoms with Crippen LogP contribution in [0, 0.1) is 6.92 Å². The molecule has 28 heavy (non-hydrogen) atoms. The van der Waals surface area contributed by atoms with Crippen molar-refractivity contribution < 1.29 is 4.79 Å². The van der Waals surface area contributed by atoms with Crippen LogP contribution in [0.25, 0.3) is 33.2 Å². The molecule has 0 radical (unpaired) electrons. The Morgan fingerprint density at radius 3 is 2.75 bits per heavy atom. The molecule has 5 rings (SSSR count). The fourth-order valence-electron chi connectivity index (χ4n) is 3.28. The number of anilines is 1. The standard InChI is InChI=1S/C20H15N7O/c1-11-8-13(9-17-18(11)26-27-24-17)20(28)22-14-2-3-16-15(10-14)19(25-23-16)12-4-6-21-7-5-12/h2-10H,1H3,(H,22,28)(H,23,25)(H,24,26,27). The lowest BCUT2D eigenvalue weighted by molar-refractivity contribution is 0.102. The van der Waals surface area contributed by atoms with E-state index in [1.165, 1.54) is 0 Å². The first-order valence-corrected chi connectivity index (χ1v) is 8.70. The van der Waals surface area contributed by atoms with E-state index in [4.69, 9.17) is 0 Å². The normalized spacial score (nSPS) is 11.2. The van der Waals surface area contributed by atoms with Crippen LogP contribution in [-0.4, -0.2) is 36.5 Å². The van der Waals surface area contributed by atoms with Crippen molar-refractivity contribution in [1.29, 1.82) is 0 Å². The van der Waals surface area contributed by atoms with E-state index in [1.807, 2.05) is 43.3 Å². The highest BCUT2D eigenvalue weighted by Gasteiger charge is 2.13. The van der Waals surface area contributed by atoms with Crippen LogP contribution in [0.5, 0.6) is 0 Å². The highest BCUT2D eigenvalue weighted by Crippen LogP contribution is 2.28. The number of rotatable bonds is 3. The molecule has 1 amide bonds. The van der Waals surface area contributed by atoms with E-state index in [0.717, 1.165) is 33.2 Å². The lowest BCUT2D eigenvalue weighted by atomic mass is 10.1. The molecule has 0 aliphatic rings. The van der Waals surface area contributed by atoms with Crippen molar-refractivity contribution in [2.24, 2.45) is 0 Å². The molecule has 0 aliphatic carbocycles. The van der Waals surface area contributed by atoms with Crippen molar-refractivity contribution in [1.82, 2.24) is 30.6 Å². The van der Waals surface area contributed by atoms with E-state index < -0.39 is 0 Å². The molecule has 0 bridgehead atoms. The number of pyridine rings is 1. The van der Waals surface area contributed by atoms with E-state index in [9.17, 15) is 4.79 Å². The number of hydrogen-bond acceptors (Lipinski definition) is 5. The van der Waals surface area contributed by atoms with Gasteiger partial charge in [-0.2, -0.15) is 5.10 Å². The summed E-state index contributed by atoms with van der Waals surface area (Å²) in [5, 5.41) is 21.9. The maximum atomic E-state index is 12.8. The Labute approximate surface area is 159 Å². The van der Waals surface area contributed by atoms with Crippen LogP contribution in [-0.2, 0) is 0 Å². The highest BCUT2D eigenvalue weighted by atomic mass is 16.1. The Kier molecular flexibility index (Phi) is 3.61. The third kappa shape index (κ3) is 2.67. The zero-order valence-electron chi connectivity index (χ0n) is 14.9. The predicted octanol–water partition coefficient (Wildman–Crippen LogP) is 3.46. The molecule has 0 atom stereocenters. The molecule has 5 aromatic rings. The van der Waals surface area contributed by atoms with E-state index in [-0.39, 0.29) is 5.91 Å². The number of nitrogens with zero attached hydrogens (tertiary/aromatic N) is 4. The van der Waals surface area contributed by atoms with Gasteiger partial charge in [0.2, 0.25) is 0 Å². The van der Waals surface area contributed by atoms with Gasteiger partial charge in [0, 0.05) is 34.6 Å². The smallest absolute Gasteiger partial charge is 0.255 e. The minimum Gasteiger partial charge on any atom is -0.322 e. The third-order valence-corrected chi connectivity index (χ3v) is 4.67. The summed E-state index contributed by atoms with van der Waals surface area (Å²) >= 11 is 0. The van der Waals surface area contributed by atoms with Crippen molar-refractivity contribution >= 4 is 33.5 Å². The van der Waals surface area contributed by atoms with E-state index in [2.05, 4.69) is 35.9 Å². The minimum absolute atomic E-state index is 0.207. The van der Waals surface area contributed by atoms with Crippen LogP contribution in [0.15, 0.2) is 54.9 Å². The lowest BCUT2D eigenvalue weighted by Crippen LogP contribution is -2.12. The van der Waals surface area contributed by atoms with Gasteiger partial charge in [-0.3, -0.25) is 20.0 Å². The molecular formula is C20H15N7O. The third-order valence-electron chi connectivity index (χ3n) is 4.67. The average Bonchev–Trinajstić information content (AvgIpc) is 3.35. The predicted molar refractivity (Wildman–Crippen MR) is 106 cm³/mol. The number of nitrogens with one attached hydrogen (secondary N) is 3. The molecule has 0 fully saturated rings. The minimum atomic E-state index is -0.207. The molecule has 0 aliphatic heterocycles. The largest absolute Gasteiger partial charge is 0.322 e. The number of carbonyl (C=O) groups excluding carboxylic acids is 1. The van der Waals surface area contributed by atoms with Gasteiger partial charge in [0.15, 0.2) is 0 Å². The highest BCUT2D eigenvalue weighted by molar-refractivity contribution is 6.07. The molecule has 0 unspecified atom stereocenters. The maximum absolute atomic E-state index is 12.8. The molecule has 3 N–H and O–H groups in total. The van der Waals surface area contributed by atoms with E-state index in [1.54, 1.807) is 18.5 Å². The Morgan fingerprint density at radius 1 is 1.04 bits per heavy atom. The van der Waals surface area contributed by atoms with Gasteiger partial charge in [0.25, 0.3) is 5.91 Å². The molecule has 2 aromatic carbocycles. The Balaban J connectivity index is 1.50. The second kappa shape index (κ2) is 6.27. The van der Waals surface area contributed by atoms with Crippen LogP contribution < -0.4 is 5.32 Å². The number of H-pyrrole nitrogens is 2. The van der Waals surface area contributed by atoms with Gasteiger partial charge < -0.3 is 5.32 Å². The van der Waals surface area contributed by atoms with Gasteiger partial charge in [0.05, 0.1) is 11.0 Å². The Hall–Kier alpha value is -4.07. The van der Waals surface area contributed by atoms with Gasteiger partial charge in [-0.1, -0.05) is 5.21 Å². The van der Waals surface area contributed by atoms with E-state index >= 15 is 0 Å². The number of carbonyl (C=O) groups is 1. The van der Waals surface area contributed by atoms with Crippen LogP contribution >= 0.6 is 0 Å². The van der Waals surface area contributed by atoms with Crippen LogP contribution in [0.4, 0.5) is 5.69 Å². The summed E-state index contributed by atoms with van der Waals surface area (Å²) in [6.45, 7) is 1.91. The first-order valence-electron chi connectivity index (χ1n) is 8.70. The van der Waals surface area contributed by atoms with Crippen molar-refractivity contribution in [2.75, 3.05) is 5.32 Å². The topological polar surface area (TPSA) is 112 Å². The molecule has 0 spiro atoms. The molecule has 0 saturated carbocycles. The summed E-state index contributed by atoms with van der Waals surface area (Å²) in [4.78, 5) is 16.8. The second-order valence-corrected chi connectivity index (χ2v) is 6.52. The maximum Gasteiger partial charge on any atom is 0.255 e. The van der Waals surface area contributed by atoms with Crippen LogP contribution in [0.3, 0.4) is 0 Å². The number of aromatic nitrogens is 6. The lowest BCUT2D eigenvalue weighted by Gasteiger charge is -2.07. The molecule has 8 nitrogen and oxygen atoms in total. The van der Waals surface area contributed by atoms with Crippen molar-refractivity contribution in [3.63, 3.8) is 0 Å². The summed E-state index contributed by atoms with van der Waals surface area (Å²) in [5.74, 6) is -0.207. The number of aromatic amines is 2. The summed E-state index contributed by atoms with van der Waals surface area (Å²) in [6.07, 6.45) is 3.45. The fraction of sp³-hybridized carbons (Fsp3) is 0.0500. The molecule has 0 saturated heterocycles. The van der Waals surface area contributed by atoms with Gasteiger partial charge >= 0.3 is 0 Å². The zero-order chi connectivity index (χ0) is 19.1. The van der Waals surface area contributed by atoms with Gasteiger partial charge in [-0.05, 0) is 55.0 Å². The van der Waals surface area contributed by atoms with E-state index in [0.29, 0.717) is 16.8 Å². The fourth-order valence-corrected chi connectivity index (χ4v) is 3.28. The van der Waals surface area contributed by atoms with Crippen LogP contribution in [0.2, 0.25) is 0 Å². The van der Waals surface area contributed by atoms with Gasteiger partial charge in [-0.25, -0.2) is 0 Å². The average molecular weight is 369 g/mol. The Bertz CT molecular complexity index is 1320. The monoisotopic (exact) mass is 369 g/mol. The molecule has 3 aromatic heterocycles. The van der Waals surface area contributed by atoms with Crippen molar-refractivity contribution in [3.05, 3.63) is 66.0 Å². The van der Waals surface area contributed by atoms with Gasteiger partial charge in [-0.15, -0.1) is 5.10 Å². The first kappa shape index (κ1) is 16.1. The Morgan fingerprint density at radius 2 is 1.89 bits per heavy atom. The zero-order valence-corrected chi connectivity index (χ0v) is 14.9. The summed E-state index contributed by atoms with van der Waals surface area (Å²) in [6, 6.07) is 13.0. The molecule has 136 valence electrons. The van der Waals surface area contributed by atoms with Crippen LogP contribution in [0.1, 0.15) is 15.9 Å². The number of fused-ring (bicyclic) bond motifs is 2. The molecule has 3 heterocycles. The molecule has 8 heteroatoms. The van der Waals surface area contributed by atoms with Crippen molar-refractivity contribution in [3.8, 4) is 11.3 Å². The second-order valence-electron chi connectivity index (χ2n) is 6.52. The number of hydrogen-bond donors (Lipinski definition) is 3. The van der Waals surface area contributed by atoms with Crippen molar-refractivity contribution in [2.45, 2.75) is 6.92 Å². The molecular weight excluding hydrogens is 354 g/mol. The number of benzene rings is 2. The SMILES string of the molecule is Cc1cc(C(=O)Nc2ccc3[nH]nc(-c4ccncc4)c3c2)cc2nn[nH]c12. The summed E-state index contributed by atoms with van der Waals surface area (Å²) in [7, 11) is 0. The first-order chi connectivity index (χ1) is 13.7.